The Hall–Kier alpha value is -1.09. The van der Waals surface area contributed by atoms with Gasteiger partial charge < -0.3 is 9.30 Å². The molecule has 3 atom stereocenters. The van der Waals surface area contributed by atoms with Gasteiger partial charge in [0.15, 0.2) is 5.78 Å². The highest BCUT2D eigenvalue weighted by Crippen LogP contribution is 2.45. The summed E-state index contributed by atoms with van der Waals surface area (Å²) in [6.07, 6.45) is 6.03. The molecule has 3 aliphatic rings. The van der Waals surface area contributed by atoms with Crippen molar-refractivity contribution in [1.82, 2.24) is 4.57 Å². The number of nitrogens with zero attached hydrogens (tertiary/aromatic N) is 1. The highest BCUT2D eigenvalue weighted by molar-refractivity contribution is 5.99. The monoisotopic (exact) mass is 273 g/mol. The molecule has 3 heterocycles. The molecule has 0 aromatic carbocycles. The number of ketones is 1. The molecule has 3 heteroatoms. The van der Waals surface area contributed by atoms with Gasteiger partial charge >= 0.3 is 0 Å². The number of fused-ring (bicyclic) bond motifs is 3. The molecule has 1 aromatic heterocycles. The summed E-state index contributed by atoms with van der Waals surface area (Å²) in [5.74, 6) is 0.321. The van der Waals surface area contributed by atoms with E-state index < -0.39 is 0 Å². The Labute approximate surface area is 120 Å². The fraction of sp³-hybridized carbons (Fsp3) is 0.706. The summed E-state index contributed by atoms with van der Waals surface area (Å²) in [7, 11) is 0. The summed E-state index contributed by atoms with van der Waals surface area (Å²) in [6, 6.07) is 2.57. The molecule has 0 spiro atoms. The van der Waals surface area contributed by atoms with E-state index in [1.54, 1.807) is 0 Å². The zero-order valence-electron chi connectivity index (χ0n) is 12.6. The van der Waals surface area contributed by atoms with Crippen LogP contribution in [-0.4, -0.2) is 22.6 Å². The molecule has 0 saturated carbocycles. The van der Waals surface area contributed by atoms with Crippen molar-refractivity contribution >= 4 is 5.78 Å². The number of Topliss-reactive ketones (excluding diaryl/α,β-unsaturated/α-hetero) is 1. The van der Waals surface area contributed by atoms with Crippen molar-refractivity contribution in [3.63, 3.8) is 0 Å². The zero-order valence-corrected chi connectivity index (χ0v) is 12.6. The maximum atomic E-state index is 12.4. The average molecular weight is 273 g/mol. The molecule has 3 unspecified atom stereocenters. The maximum absolute atomic E-state index is 12.4. The van der Waals surface area contributed by atoms with Crippen LogP contribution in [0, 0.1) is 12.3 Å². The Morgan fingerprint density at radius 1 is 1.30 bits per heavy atom. The van der Waals surface area contributed by atoms with Gasteiger partial charge in [0.2, 0.25) is 0 Å². The first-order valence-electron chi connectivity index (χ1n) is 7.84. The minimum absolute atomic E-state index is 0.0884. The summed E-state index contributed by atoms with van der Waals surface area (Å²) in [5, 5.41) is 0. The van der Waals surface area contributed by atoms with Crippen LogP contribution < -0.4 is 0 Å². The molecule has 1 aromatic rings. The second-order valence-corrected chi connectivity index (χ2v) is 7.63. The fourth-order valence-electron chi connectivity index (χ4n) is 4.52. The van der Waals surface area contributed by atoms with Crippen LogP contribution in [0.2, 0.25) is 0 Å². The molecule has 0 N–H and O–H groups in total. The zero-order chi connectivity index (χ0) is 14.1. The van der Waals surface area contributed by atoms with Gasteiger partial charge in [0, 0.05) is 23.4 Å². The molecular formula is C17H23NO2. The van der Waals surface area contributed by atoms with E-state index in [1.807, 2.05) is 0 Å². The van der Waals surface area contributed by atoms with Gasteiger partial charge in [-0.2, -0.15) is 0 Å². The van der Waals surface area contributed by atoms with Crippen molar-refractivity contribution in [3.8, 4) is 0 Å². The highest BCUT2D eigenvalue weighted by atomic mass is 16.5. The average Bonchev–Trinajstić information content (AvgIpc) is 3.01. The Morgan fingerprint density at radius 3 is 2.75 bits per heavy atom. The minimum Gasteiger partial charge on any atom is -0.373 e. The second kappa shape index (κ2) is 3.97. The molecule has 108 valence electrons. The molecule has 20 heavy (non-hydrogen) atoms. The van der Waals surface area contributed by atoms with E-state index in [4.69, 9.17) is 4.74 Å². The SMILES string of the molecule is Cc1cc2c(n1C1CC3CCC1O3)CC(C)(C)CC2=O. The van der Waals surface area contributed by atoms with Gasteiger partial charge in [-0.1, -0.05) is 13.8 Å². The number of carbonyl (C=O) groups excluding carboxylic acids is 1. The van der Waals surface area contributed by atoms with Crippen molar-refractivity contribution in [2.45, 2.75) is 71.1 Å². The third kappa shape index (κ3) is 1.72. The Kier molecular flexibility index (Phi) is 2.51. The summed E-state index contributed by atoms with van der Waals surface area (Å²) in [5.41, 5.74) is 3.57. The van der Waals surface area contributed by atoms with Crippen LogP contribution in [0.3, 0.4) is 0 Å². The van der Waals surface area contributed by atoms with E-state index in [0.29, 0.717) is 30.5 Å². The molecule has 2 bridgehead atoms. The number of hydrogen-bond acceptors (Lipinski definition) is 2. The predicted octanol–water partition coefficient (Wildman–Crippen LogP) is 3.44. The lowest BCUT2D eigenvalue weighted by atomic mass is 9.76. The van der Waals surface area contributed by atoms with E-state index in [-0.39, 0.29) is 5.41 Å². The fourth-order valence-corrected chi connectivity index (χ4v) is 4.52. The molecule has 2 saturated heterocycles. The Bertz CT molecular complexity index is 584. The van der Waals surface area contributed by atoms with Crippen LogP contribution >= 0.6 is 0 Å². The molecule has 4 rings (SSSR count). The van der Waals surface area contributed by atoms with Gasteiger partial charge in [-0.25, -0.2) is 0 Å². The van der Waals surface area contributed by atoms with Crippen molar-refractivity contribution in [2.24, 2.45) is 5.41 Å². The van der Waals surface area contributed by atoms with Crippen molar-refractivity contribution in [3.05, 3.63) is 23.0 Å². The standard InChI is InChI=1S/C17H23NO2/c1-10-6-12-14(8-17(2,3)9-15(12)19)18(10)13-7-11-4-5-16(13)20-11/h6,11,13,16H,4-5,7-9H2,1-3H3. The first kappa shape index (κ1) is 12.6. The summed E-state index contributed by atoms with van der Waals surface area (Å²) in [6.45, 7) is 6.56. The number of aryl methyl sites for hydroxylation is 1. The molecule has 2 aliphatic heterocycles. The van der Waals surface area contributed by atoms with Gasteiger partial charge in [0.05, 0.1) is 18.2 Å². The quantitative estimate of drug-likeness (QED) is 0.785. The lowest BCUT2D eigenvalue weighted by molar-refractivity contribution is 0.0886. The number of aromatic nitrogens is 1. The van der Waals surface area contributed by atoms with E-state index >= 15 is 0 Å². The predicted molar refractivity (Wildman–Crippen MR) is 77.2 cm³/mol. The topological polar surface area (TPSA) is 31.2 Å². The third-order valence-corrected chi connectivity index (χ3v) is 5.33. The molecular weight excluding hydrogens is 250 g/mol. The van der Waals surface area contributed by atoms with Crippen molar-refractivity contribution in [1.29, 1.82) is 0 Å². The number of hydrogen-bond donors (Lipinski definition) is 0. The first-order chi connectivity index (χ1) is 9.44. The molecule has 2 fully saturated rings. The van der Waals surface area contributed by atoms with Gasteiger partial charge in [-0.15, -0.1) is 0 Å². The van der Waals surface area contributed by atoms with Crippen LogP contribution in [0.15, 0.2) is 6.07 Å². The number of carbonyl (C=O) groups is 1. The number of rotatable bonds is 1. The first-order valence-corrected chi connectivity index (χ1v) is 7.84. The van der Waals surface area contributed by atoms with Crippen LogP contribution in [0.5, 0.6) is 0 Å². The van der Waals surface area contributed by atoms with Crippen molar-refractivity contribution < 1.29 is 9.53 Å². The van der Waals surface area contributed by atoms with Crippen molar-refractivity contribution in [2.75, 3.05) is 0 Å². The van der Waals surface area contributed by atoms with E-state index in [0.717, 1.165) is 18.4 Å². The van der Waals surface area contributed by atoms with E-state index in [1.165, 1.54) is 24.2 Å². The van der Waals surface area contributed by atoms with Crippen LogP contribution in [0.25, 0.3) is 0 Å². The number of ether oxygens (including phenoxy) is 1. The van der Waals surface area contributed by atoms with Gasteiger partial charge in [-0.05, 0) is 44.1 Å². The van der Waals surface area contributed by atoms with E-state index in [9.17, 15) is 4.79 Å². The molecule has 3 nitrogen and oxygen atoms in total. The van der Waals surface area contributed by atoms with Crippen LogP contribution in [0.1, 0.15) is 67.3 Å². The molecule has 1 aliphatic carbocycles. The normalized spacial score (nSPS) is 34.5. The lowest BCUT2D eigenvalue weighted by Gasteiger charge is -2.32. The smallest absolute Gasteiger partial charge is 0.165 e. The van der Waals surface area contributed by atoms with E-state index in [2.05, 4.69) is 31.4 Å². The third-order valence-electron chi connectivity index (χ3n) is 5.33. The lowest BCUT2D eigenvalue weighted by Crippen LogP contribution is -2.31. The summed E-state index contributed by atoms with van der Waals surface area (Å²) >= 11 is 0. The van der Waals surface area contributed by atoms with Gasteiger partial charge in [0.25, 0.3) is 0 Å². The largest absolute Gasteiger partial charge is 0.373 e. The summed E-state index contributed by atoms with van der Waals surface area (Å²) < 4.78 is 8.47. The van der Waals surface area contributed by atoms with Gasteiger partial charge in [0.1, 0.15) is 0 Å². The Morgan fingerprint density at radius 2 is 2.10 bits per heavy atom. The summed E-state index contributed by atoms with van der Waals surface area (Å²) in [4.78, 5) is 12.4. The minimum atomic E-state index is 0.0884. The van der Waals surface area contributed by atoms with Crippen LogP contribution in [0.4, 0.5) is 0 Å². The van der Waals surface area contributed by atoms with Gasteiger partial charge in [-0.3, -0.25) is 4.79 Å². The highest BCUT2D eigenvalue weighted by Gasteiger charge is 2.44. The Balaban J connectivity index is 1.80. The van der Waals surface area contributed by atoms with Crippen LogP contribution in [-0.2, 0) is 11.2 Å². The second-order valence-electron chi connectivity index (χ2n) is 7.63. The molecule has 0 radical (unpaired) electrons. The maximum Gasteiger partial charge on any atom is 0.165 e. The molecule has 0 amide bonds.